The van der Waals surface area contributed by atoms with Crippen LogP contribution in [0.25, 0.3) is 11.8 Å². The molecule has 0 amide bonds. The Labute approximate surface area is 183 Å². The predicted molar refractivity (Wildman–Crippen MR) is 125 cm³/mol. The van der Waals surface area contributed by atoms with Crippen molar-refractivity contribution < 1.29 is 4.74 Å². The Morgan fingerprint density at radius 2 is 2.00 bits per heavy atom. The minimum atomic E-state index is -0.231. The third kappa shape index (κ3) is 3.75. The van der Waals surface area contributed by atoms with Crippen molar-refractivity contribution in [2.75, 3.05) is 20.1 Å². The van der Waals surface area contributed by atoms with Gasteiger partial charge in [-0.25, -0.2) is 4.68 Å². The number of para-hydroxylation sites is 1. The summed E-state index contributed by atoms with van der Waals surface area (Å²) >= 11 is 0. The Morgan fingerprint density at radius 3 is 2.74 bits per heavy atom. The SMILES string of the molecule is C=Cc1ccc2c(c1)C1(CCN(Cc3cnn(-c4ccccc4)c3)CC1)OC2C=NC. The summed E-state index contributed by atoms with van der Waals surface area (Å²) in [4.78, 5) is 6.74. The molecular weight excluding hydrogens is 384 g/mol. The van der Waals surface area contributed by atoms with Gasteiger partial charge in [0.05, 0.1) is 17.5 Å². The van der Waals surface area contributed by atoms with Crippen molar-refractivity contribution in [3.05, 3.63) is 89.8 Å². The van der Waals surface area contributed by atoms with Crippen LogP contribution in [0, 0.1) is 0 Å². The molecule has 158 valence electrons. The summed E-state index contributed by atoms with van der Waals surface area (Å²) in [5.74, 6) is 0. The molecule has 31 heavy (non-hydrogen) atoms. The number of fused-ring (bicyclic) bond motifs is 2. The summed E-state index contributed by atoms with van der Waals surface area (Å²) < 4.78 is 8.58. The topological polar surface area (TPSA) is 42.7 Å². The molecule has 2 aliphatic rings. The monoisotopic (exact) mass is 412 g/mol. The second kappa shape index (κ2) is 8.25. The average Bonchev–Trinajstić information content (AvgIpc) is 3.39. The Kier molecular flexibility index (Phi) is 5.30. The lowest BCUT2D eigenvalue weighted by Crippen LogP contribution is -2.42. The maximum absolute atomic E-state index is 6.63. The first-order valence-corrected chi connectivity index (χ1v) is 10.9. The molecule has 1 fully saturated rings. The van der Waals surface area contributed by atoms with Crippen LogP contribution in [0.3, 0.4) is 0 Å². The third-order valence-corrected chi connectivity index (χ3v) is 6.47. The van der Waals surface area contributed by atoms with Crippen LogP contribution in [-0.2, 0) is 16.9 Å². The Hall–Kier alpha value is -3.02. The van der Waals surface area contributed by atoms with Crippen LogP contribution < -0.4 is 0 Å². The first-order valence-electron chi connectivity index (χ1n) is 10.9. The molecular formula is C26H28N4O. The lowest BCUT2D eigenvalue weighted by molar-refractivity contribution is -0.0885. The third-order valence-electron chi connectivity index (χ3n) is 6.47. The molecule has 0 bridgehead atoms. The Balaban J connectivity index is 1.30. The number of nitrogens with zero attached hydrogens (tertiary/aromatic N) is 4. The molecule has 1 saturated heterocycles. The van der Waals surface area contributed by atoms with Gasteiger partial charge < -0.3 is 4.74 Å². The van der Waals surface area contributed by atoms with E-state index in [4.69, 9.17) is 4.74 Å². The molecule has 0 N–H and O–H groups in total. The van der Waals surface area contributed by atoms with E-state index in [1.54, 1.807) is 0 Å². The summed E-state index contributed by atoms with van der Waals surface area (Å²) in [6.45, 7) is 6.83. The maximum Gasteiger partial charge on any atom is 0.119 e. The fraction of sp³-hybridized carbons (Fsp3) is 0.308. The Bertz CT molecular complexity index is 1090. The number of rotatable bonds is 5. The minimum absolute atomic E-state index is 0.0606. The average molecular weight is 413 g/mol. The van der Waals surface area contributed by atoms with E-state index in [0.29, 0.717) is 0 Å². The molecule has 5 rings (SSSR count). The van der Waals surface area contributed by atoms with Crippen LogP contribution in [-0.4, -0.2) is 41.0 Å². The summed E-state index contributed by atoms with van der Waals surface area (Å²) in [5.41, 5.74) is 5.79. The number of ether oxygens (including phenoxy) is 1. The molecule has 1 unspecified atom stereocenters. The fourth-order valence-corrected chi connectivity index (χ4v) is 4.84. The summed E-state index contributed by atoms with van der Waals surface area (Å²) in [5, 5.41) is 4.54. The molecule has 0 saturated carbocycles. The highest BCUT2D eigenvalue weighted by atomic mass is 16.5. The van der Waals surface area contributed by atoms with E-state index in [9.17, 15) is 0 Å². The van der Waals surface area contributed by atoms with Gasteiger partial charge in [-0.1, -0.05) is 43.0 Å². The van der Waals surface area contributed by atoms with Crippen molar-refractivity contribution in [2.24, 2.45) is 4.99 Å². The van der Waals surface area contributed by atoms with E-state index in [0.717, 1.165) is 43.7 Å². The van der Waals surface area contributed by atoms with Crippen LogP contribution in [0.5, 0.6) is 0 Å². The molecule has 5 heteroatoms. The number of hydrogen-bond acceptors (Lipinski definition) is 4. The van der Waals surface area contributed by atoms with Gasteiger partial charge in [0.1, 0.15) is 6.10 Å². The molecule has 1 spiro atoms. The van der Waals surface area contributed by atoms with Crippen molar-refractivity contribution in [1.82, 2.24) is 14.7 Å². The summed E-state index contributed by atoms with van der Waals surface area (Å²) in [6.07, 6.45) is 9.83. The van der Waals surface area contributed by atoms with Gasteiger partial charge in [0.25, 0.3) is 0 Å². The normalized spacial score (nSPS) is 20.4. The van der Waals surface area contributed by atoms with Crippen LogP contribution in [0.4, 0.5) is 0 Å². The highest BCUT2D eigenvalue weighted by Gasteiger charge is 2.46. The summed E-state index contributed by atoms with van der Waals surface area (Å²) in [7, 11) is 1.81. The smallest absolute Gasteiger partial charge is 0.119 e. The Morgan fingerprint density at radius 1 is 1.19 bits per heavy atom. The van der Waals surface area contributed by atoms with E-state index >= 15 is 0 Å². The van der Waals surface area contributed by atoms with Gasteiger partial charge in [0.2, 0.25) is 0 Å². The molecule has 2 aromatic carbocycles. The van der Waals surface area contributed by atoms with Crippen LogP contribution in [0.15, 0.2) is 72.5 Å². The fourth-order valence-electron chi connectivity index (χ4n) is 4.84. The minimum Gasteiger partial charge on any atom is -0.357 e. The van der Waals surface area contributed by atoms with Crippen LogP contribution in [0.1, 0.15) is 41.2 Å². The lowest BCUT2D eigenvalue weighted by Gasteiger charge is -2.39. The van der Waals surface area contributed by atoms with Crippen molar-refractivity contribution >= 4 is 12.3 Å². The highest BCUT2D eigenvalue weighted by molar-refractivity contribution is 5.69. The van der Waals surface area contributed by atoms with Gasteiger partial charge in [0, 0.05) is 44.7 Å². The highest BCUT2D eigenvalue weighted by Crippen LogP contribution is 2.49. The second-order valence-corrected chi connectivity index (χ2v) is 8.40. The number of aromatic nitrogens is 2. The van der Waals surface area contributed by atoms with Crippen molar-refractivity contribution in [2.45, 2.75) is 31.1 Å². The van der Waals surface area contributed by atoms with Crippen molar-refractivity contribution in [3.8, 4) is 5.69 Å². The van der Waals surface area contributed by atoms with Gasteiger partial charge in [-0.05, 0) is 47.7 Å². The van der Waals surface area contributed by atoms with Crippen molar-refractivity contribution in [1.29, 1.82) is 0 Å². The number of aliphatic imine (C=N–C) groups is 1. The quantitative estimate of drug-likeness (QED) is 0.567. The van der Waals surface area contributed by atoms with Gasteiger partial charge in [-0.3, -0.25) is 9.89 Å². The molecule has 5 nitrogen and oxygen atoms in total. The van der Waals surface area contributed by atoms with Crippen molar-refractivity contribution in [3.63, 3.8) is 0 Å². The number of piperidine rings is 1. The number of likely N-dealkylation sites (tertiary alicyclic amines) is 1. The van der Waals surface area contributed by atoms with Gasteiger partial charge in [-0.2, -0.15) is 5.10 Å². The van der Waals surface area contributed by atoms with Crippen LogP contribution in [0.2, 0.25) is 0 Å². The van der Waals surface area contributed by atoms with E-state index in [1.165, 1.54) is 16.7 Å². The summed E-state index contributed by atoms with van der Waals surface area (Å²) in [6, 6.07) is 16.8. The van der Waals surface area contributed by atoms with E-state index < -0.39 is 0 Å². The van der Waals surface area contributed by atoms with Gasteiger partial charge in [0.15, 0.2) is 0 Å². The molecule has 1 aromatic heterocycles. The molecule has 2 aliphatic heterocycles. The first kappa shape index (κ1) is 19.9. The molecule has 0 aliphatic carbocycles. The number of hydrogen-bond donors (Lipinski definition) is 0. The first-order chi connectivity index (χ1) is 15.2. The van der Waals surface area contributed by atoms with E-state index in [2.05, 4.69) is 58.1 Å². The van der Waals surface area contributed by atoms with Crippen LogP contribution >= 0.6 is 0 Å². The zero-order valence-electron chi connectivity index (χ0n) is 17.9. The molecule has 3 heterocycles. The molecule has 3 aromatic rings. The van der Waals surface area contributed by atoms with Gasteiger partial charge in [-0.15, -0.1) is 0 Å². The standard InChI is InChI=1S/C26H28N4O/c1-3-20-9-10-23-24(15-20)26(31-25(23)17-27-2)11-13-29(14-12-26)18-21-16-28-30(19-21)22-7-5-4-6-8-22/h3-10,15-17,19,25H,1,11-14,18H2,2H3. The number of benzene rings is 2. The molecule has 0 radical (unpaired) electrons. The zero-order valence-corrected chi connectivity index (χ0v) is 17.9. The lowest BCUT2D eigenvalue weighted by atomic mass is 9.82. The predicted octanol–water partition coefficient (Wildman–Crippen LogP) is 4.78. The molecule has 1 atom stereocenters. The zero-order chi connectivity index (χ0) is 21.3. The maximum atomic E-state index is 6.63. The van der Waals surface area contributed by atoms with E-state index in [1.807, 2.05) is 48.4 Å². The largest absolute Gasteiger partial charge is 0.357 e. The van der Waals surface area contributed by atoms with E-state index in [-0.39, 0.29) is 11.7 Å². The van der Waals surface area contributed by atoms with Gasteiger partial charge >= 0.3 is 0 Å². The second-order valence-electron chi connectivity index (χ2n) is 8.40.